The number of carboxylic acids is 1. The smallest absolute Gasteiger partial charge is 0.416 e. The van der Waals surface area contributed by atoms with Crippen molar-refractivity contribution in [1.82, 2.24) is 9.55 Å². The van der Waals surface area contributed by atoms with Gasteiger partial charge in [-0.3, -0.25) is 4.79 Å². The molecule has 0 amide bonds. The number of hydrogen-bond donors (Lipinski definition) is 1. The van der Waals surface area contributed by atoms with Crippen LogP contribution >= 0.6 is 11.3 Å². The normalized spacial score (nSPS) is 12.7. The average Bonchev–Trinajstić information content (AvgIpc) is 3.38. The Labute approximate surface area is 204 Å². The van der Waals surface area contributed by atoms with E-state index in [1.807, 2.05) is 49.9 Å². The first-order valence-electron chi connectivity index (χ1n) is 11.2. The minimum atomic E-state index is -4.37. The Morgan fingerprint density at radius 2 is 1.91 bits per heavy atom. The second kappa shape index (κ2) is 9.73. The molecule has 0 saturated heterocycles. The van der Waals surface area contributed by atoms with Gasteiger partial charge in [-0.2, -0.15) is 13.2 Å². The quantitative estimate of drug-likeness (QED) is 0.291. The Morgan fingerprint density at radius 1 is 1.20 bits per heavy atom. The highest BCUT2D eigenvalue weighted by atomic mass is 32.1. The molecule has 0 fully saturated rings. The number of halogens is 3. The van der Waals surface area contributed by atoms with Crippen LogP contribution in [0.1, 0.15) is 41.5 Å². The van der Waals surface area contributed by atoms with Gasteiger partial charge in [0.05, 0.1) is 29.8 Å². The minimum absolute atomic E-state index is 0.0314. The second-order valence-corrected chi connectivity index (χ2v) is 9.57. The third-order valence-electron chi connectivity index (χ3n) is 5.86. The summed E-state index contributed by atoms with van der Waals surface area (Å²) >= 11 is 1.49. The minimum Gasteiger partial charge on any atom is -0.493 e. The summed E-state index contributed by atoms with van der Waals surface area (Å²) in [6, 6.07) is 10.7. The van der Waals surface area contributed by atoms with Gasteiger partial charge in [-0.15, -0.1) is 11.3 Å². The molecule has 4 rings (SSSR count). The van der Waals surface area contributed by atoms with Crippen molar-refractivity contribution in [1.29, 1.82) is 0 Å². The molecule has 0 unspecified atom stereocenters. The van der Waals surface area contributed by atoms with Gasteiger partial charge in [-0.05, 0) is 36.2 Å². The zero-order valence-electron chi connectivity index (χ0n) is 19.5. The number of thiazole rings is 1. The number of aliphatic carboxylic acids is 1. The zero-order valence-corrected chi connectivity index (χ0v) is 20.3. The number of ether oxygens (including phenoxy) is 1. The average molecular weight is 503 g/mol. The summed E-state index contributed by atoms with van der Waals surface area (Å²) < 4.78 is 46.6. The van der Waals surface area contributed by atoms with E-state index < -0.39 is 17.7 Å². The van der Waals surface area contributed by atoms with Gasteiger partial charge in [0.1, 0.15) is 10.8 Å². The maximum atomic E-state index is 12.9. The first-order chi connectivity index (χ1) is 16.6. The number of nitrogens with zero attached hydrogens (tertiary/aromatic N) is 2. The molecule has 2 aromatic heterocycles. The SMILES string of the molecule is CCc1sc(-c2ccc(C(F)(F)F)cc2)nc1[C@@H](C)COc1ccc2c(CC(=O)O)cn(C)c2c1. The molecule has 0 aliphatic heterocycles. The van der Waals surface area contributed by atoms with Crippen LogP contribution in [0.25, 0.3) is 21.5 Å². The molecule has 0 radical (unpaired) electrons. The summed E-state index contributed by atoms with van der Waals surface area (Å²) in [5.74, 6) is -0.239. The lowest BCUT2D eigenvalue weighted by Gasteiger charge is -2.13. The highest BCUT2D eigenvalue weighted by molar-refractivity contribution is 7.15. The molecule has 0 bridgehead atoms. The van der Waals surface area contributed by atoms with Gasteiger partial charge in [0.25, 0.3) is 0 Å². The Morgan fingerprint density at radius 3 is 2.54 bits per heavy atom. The Bertz CT molecular complexity index is 1360. The van der Waals surface area contributed by atoms with Crippen LogP contribution in [0, 0.1) is 0 Å². The summed E-state index contributed by atoms with van der Waals surface area (Å²) in [6.45, 7) is 4.41. The highest BCUT2D eigenvalue weighted by Crippen LogP contribution is 2.35. The number of hydrogen-bond acceptors (Lipinski definition) is 4. The van der Waals surface area contributed by atoms with Gasteiger partial charge in [0.2, 0.25) is 0 Å². The maximum absolute atomic E-state index is 12.9. The molecule has 2 aromatic carbocycles. The van der Waals surface area contributed by atoms with Gasteiger partial charge in [-0.1, -0.05) is 26.0 Å². The summed E-state index contributed by atoms with van der Waals surface area (Å²) in [6.07, 6.45) is -1.83. The number of rotatable bonds is 8. The number of benzene rings is 2. The number of aromatic nitrogens is 2. The van der Waals surface area contributed by atoms with Crippen LogP contribution in [-0.2, 0) is 30.9 Å². The van der Waals surface area contributed by atoms with Crippen LogP contribution in [0.15, 0.2) is 48.7 Å². The molecular formula is C26H25F3N2O3S. The van der Waals surface area contributed by atoms with Crippen molar-refractivity contribution < 1.29 is 27.8 Å². The Hall–Kier alpha value is -3.33. The maximum Gasteiger partial charge on any atom is 0.416 e. The van der Waals surface area contributed by atoms with Crippen LogP contribution in [-0.4, -0.2) is 27.2 Å². The van der Waals surface area contributed by atoms with E-state index in [1.165, 1.54) is 23.5 Å². The van der Waals surface area contributed by atoms with Crippen LogP contribution in [0.5, 0.6) is 5.75 Å². The molecule has 2 heterocycles. The van der Waals surface area contributed by atoms with Gasteiger partial charge < -0.3 is 14.4 Å². The first kappa shape index (κ1) is 24.8. The topological polar surface area (TPSA) is 64.3 Å². The summed E-state index contributed by atoms with van der Waals surface area (Å²) in [4.78, 5) is 16.9. The van der Waals surface area contributed by atoms with Crippen molar-refractivity contribution in [2.45, 2.75) is 38.8 Å². The fourth-order valence-corrected chi connectivity index (χ4v) is 5.20. The van der Waals surface area contributed by atoms with E-state index in [4.69, 9.17) is 14.8 Å². The molecule has 0 saturated carbocycles. The molecule has 0 spiro atoms. The fraction of sp³-hybridized carbons (Fsp3) is 0.308. The molecule has 5 nitrogen and oxygen atoms in total. The Balaban J connectivity index is 1.50. The van der Waals surface area contributed by atoms with Gasteiger partial charge in [0, 0.05) is 41.1 Å². The number of carbonyl (C=O) groups is 1. The second-order valence-electron chi connectivity index (χ2n) is 8.48. The number of carboxylic acid groups (broad SMARTS) is 1. The van der Waals surface area contributed by atoms with Crippen LogP contribution < -0.4 is 4.74 Å². The van der Waals surface area contributed by atoms with Crippen molar-refractivity contribution >= 4 is 28.2 Å². The lowest BCUT2D eigenvalue weighted by molar-refractivity contribution is -0.138. The predicted molar refractivity (Wildman–Crippen MR) is 130 cm³/mol. The molecular weight excluding hydrogens is 477 g/mol. The molecule has 0 aliphatic carbocycles. The van der Waals surface area contributed by atoms with Crippen molar-refractivity contribution in [3.63, 3.8) is 0 Å². The number of aryl methyl sites for hydroxylation is 2. The van der Waals surface area contributed by atoms with E-state index in [-0.39, 0.29) is 12.3 Å². The fourth-order valence-electron chi connectivity index (χ4n) is 4.07. The first-order valence-corrected chi connectivity index (χ1v) is 12.0. The zero-order chi connectivity index (χ0) is 25.3. The summed E-state index contributed by atoms with van der Waals surface area (Å²) in [5, 5.41) is 10.7. The van der Waals surface area contributed by atoms with Crippen molar-refractivity contribution in [3.05, 3.63) is 70.4 Å². The summed E-state index contributed by atoms with van der Waals surface area (Å²) in [7, 11) is 1.87. The summed E-state index contributed by atoms with van der Waals surface area (Å²) in [5.41, 5.74) is 2.50. The van der Waals surface area contributed by atoms with Gasteiger partial charge in [0.15, 0.2) is 0 Å². The third kappa shape index (κ3) is 5.35. The molecule has 1 N–H and O–H groups in total. The molecule has 35 heavy (non-hydrogen) atoms. The van der Waals surface area contributed by atoms with Crippen LogP contribution in [0.3, 0.4) is 0 Å². The highest BCUT2D eigenvalue weighted by Gasteiger charge is 2.30. The van der Waals surface area contributed by atoms with E-state index in [1.54, 1.807) is 0 Å². The van der Waals surface area contributed by atoms with Crippen molar-refractivity contribution in [2.75, 3.05) is 6.61 Å². The molecule has 1 atom stereocenters. The monoisotopic (exact) mass is 502 g/mol. The van der Waals surface area contributed by atoms with Crippen LogP contribution in [0.2, 0.25) is 0 Å². The van der Waals surface area contributed by atoms with Gasteiger partial charge >= 0.3 is 12.1 Å². The van der Waals surface area contributed by atoms with Gasteiger partial charge in [-0.25, -0.2) is 4.98 Å². The third-order valence-corrected chi connectivity index (χ3v) is 7.13. The number of alkyl halides is 3. The predicted octanol–water partition coefficient (Wildman–Crippen LogP) is 6.69. The van der Waals surface area contributed by atoms with Crippen molar-refractivity contribution in [3.8, 4) is 16.3 Å². The lowest BCUT2D eigenvalue weighted by atomic mass is 10.1. The van der Waals surface area contributed by atoms with E-state index >= 15 is 0 Å². The molecule has 0 aliphatic rings. The van der Waals surface area contributed by atoms with E-state index in [9.17, 15) is 18.0 Å². The lowest BCUT2D eigenvalue weighted by Crippen LogP contribution is -2.09. The van der Waals surface area contributed by atoms with E-state index in [0.717, 1.165) is 45.6 Å². The Kier molecular flexibility index (Phi) is 6.89. The van der Waals surface area contributed by atoms with E-state index in [0.29, 0.717) is 22.9 Å². The molecule has 4 aromatic rings. The van der Waals surface area contributed by atoms with E-state index in [2.05, 4.69) is 0 Å². The standard InChI is InChI=1S/C26H25F3N2O3S/c1-4-22-24(30-25(35-22)16-5-7-18(8-6-16)26(27,28)29)15(2)14-34-19-9-10-20-17(11-23(32)33)13-31(3)21(20)12-19/h5-10,12-13,15H,4,11,14H2,1-3H3,(H,32,33)/t15-/m0/s1. The van der Waals surface area contributed by atoms with Crippen LogP contribution in [0.4, 0.5) is 13.2 Å². The largest absolute Gasteiger partial charge is 0.493 e. The molecule has 9 heteroatoms. The van der Waals surface area contributed by atoms with Crippen molar-refractivity contribution in [2.24, 2.45) is 7.05 Å². The number of fused-ring (bicyclic) bond motifs is 1. The molecule has 184 valence electrons.